The van der Waals surface area contributed by atoms with Crippen molar-refractivity contribution in [2.45, 2.75) is 32.1 Å². The Balaban J connectivity index is 2.19. The topological polar surface area (TPSA) is 86.7 Å². The molecule has 1 rings (SSSR count). The van der Waals surface area contributed by atoms with Crippen LogP contribution in [0.5, 0.6) is 0 Å². The van der Waals surface area contributed by atoms with Crippen LogP contribution in [0.25, 0.3) is 0 Å². The minimum Gasteiger partial charge on any atom is -0.481 e. The smallest absolute Gasteiger partial charge is 0.313 e. The lowest BCUT2D eigenvalue weighted by Crippen LogP contribution is -2.42. The first-order chi connectivity index (χ1) is 9.59. The lowest BCUT2D eigenvalue weighted by atomic mass is 10.1. The Bertz CT molecular complexity index is 349. The Morgan fingerprint density at radius 1 is 1.25 bits per heavy atom. The maximum Gasteiger partial charge on any atom is 0.313 e. The summed E-state index contributed by atoms with van der Waals surface area (Å²) in [6, 6.07) is 0. The number of rotatable bonds is 7. The fraction of sp³-hybridized carbons (Fsp3) is 0.769. The predicted octanol–water partition coefficient (Wildman–Crippen LogP) is 0.713. The molecule has 1 fully saturated rings. The molecule has 1 heterocycles. The summed E-state index contributed by atoms with van der Waals surface area (Å²) in [5.41, 5.74) is 0. The molecule has 1 aliphatic heterocycles. The second-order valence-corrected chi connectivity index (χ2v) is 5.88. The summed E-state index contributed by atoms with van der Waals surface area (Å²) < 4.78 is 0. The van der Waals surface area contributed by atoms with Crippen molar-refractivity contribution in [3.05, 3.63) is 0 Å². The van der Waals surface area contributed by atoms with Gasteiger partial charge in [-0.3, -0.25) is 14.4 Å². The van der Waals surface area contributed by atoms with E-state index >= 15 is 0 Å². The van der Waals surface area contributed by atoms with Crippen molar-refractivity contribution in [2.24, 2.45) is 0 Å². The number of thioether (sulfide) groups is 1. The Hall–Kier alpha value is -1.24. The van der Waals surface area contributed by atoms with E-state index in [1.54, 1.807) is 4.90 Å². The predicted molar refractivity (Wildman–Crippen MR) is 77.6 cm³/mol. The molecule has 0 spiro atoms. The maximum absolute atomic E-state index is 11.8. The number of aliphatic carboxylic acids is 1. The van der Waals surface area contributed by atoms with Gasteiger partial charge >= 0.3 is 5.97 Å². The van der Waals surface area contributed by atoms with Gasteiger partial charge in [0.25, 0.3) is 0 Å². The number of hydrogen-bond acceptors (Lipinski definition) is 4. The van der Waals surface area contributed by atoms with Crippen molar-refractivity contribution in [3.63, 3.8) is 0 Å². The van der Waals surface area contributed by atoms with Crippen LogP contribution in [0.15, 0.2) is 0 Å². The van der Waals surface area contributed by atoms with Gasteiger partial charge < -0.3 is 15.3 Å². The average molecular weight is 302 g/mol. The molecule has 0 aromatic rings. The van der Waals surface area contributed by atoms with Gasteiger partial charge in [-0.25, -0.2) is 0 Å². The molecule has 6 nitrogen and oxygen atoms in total. The van der Waals surface area contributed by atoms with Crippen LogP contribution < -0.4 is 5.32 Å². The average Bonchev–Trinajstić information content (AvgIpc) is 2.38. The van der Waals surface area contributed by atoms with E-state index in [9.17, 15) is 14.4 Å². The molecule has 1 saturated heterocycles. The van der Waals surface area contributed by atoms with Gasteiger partial charge in [0.15, 0.2) is 0 Å². The number of amides is 2. The highest BCUT2D eigenvalue weighted by Gasteiger charge is 2.17. The number of carbonyl (C=O) groups is 3. The molecule has 0 radical (unpaired) electrons. The van der Waals surface area contributed by atoms with Gasteiger partial charge in [0.1, 0.15) is 0 Å². The standard InChI is InChI=1S/C13H22N2O4S/c16-11(14-6-8-20-10-13(18)19)9-15-7-4-2-1-3-5-12(15)17/h1-10H2,(H,14,16)(H,18,19). The van der Waals surface area contributed by atoms with Crippen molar-refractivity contribution in [3.8, 4) is 0 Å². The summed E-state index contributed by atoms with van der Waals surface area (Å²) in [7, 11) is 0. The van der Waals surface area contributed by atoms with Gasteiger partial charge in [-0.05, 0) is 12.8 Å². The molecule has 0 aliphatic carbocycles. The fourth-order valence-corrected chi connectivity index (χ4v) is 2.60. The van der Waals surface area contributed by atoms with E-state index in [1.807, 2.05) is 0 Å². The Labute approximate surface area is 123 Å². The molecule has 0 saturated carbocycles. The van der Waals surface area contributed by atoms with Gasteiger partial charge in [0.05, 0.1) is 12.3 Å². The first-order valence-corrected chi connectivity index (χ1v) is 8.09. The molecule has 0 aromatic carbocycles. The number of nitrogens with one attached hydrogen (secondary N) is 1. The quantitative estimate of drug-likeness (QED) is 0.677. The molecule has 0 atom stereocenters. The molecule has 0 unspecified atom stereocenters. The zero-order valence-corrected chi connectivity index (χ0v) is 12.4. The van der Waals surface area contributed by atoms with E-state index in [0.717, 1.165) is 25.7 Å². The minimum absolute atomic E-state index is 0.0421. The van der Waals surface area contributed by atoms with Gasteiger partial charge in [0.2, 0.25) is 11.8 Å². The molecule has 2 N–H and O–H groups in total. The molecule has 0 aromatic heterocycles. The van der Waals surface area contributed by atoms with Crippen molar-refractivity contribution >= 4 is 29.5 Å². The number of likely N-dealkylation sites (tertiary alicyclic amines) is 1. The van der Waals surface area contributed by atoms with Crippen LogP contribution in [0.3, 0.4) is 0 Å². The lowest BCUT2D eigenvalue weighted by molar-refractivity contribution is -0.136. The van der Waals surface area contributed by atoms with Crippen molar-refractivity contribution < 1.29 is 19.5 Å². The molecule has 7 heteroatoms. The Kier molecular flexibility index (Phi) is 8.10. The Morgan fingerprint density at radius 2 is 2.00 bits per heavy atom. The normalized spacial score (nSPS) is 16.4. The van der Waals surface area contributed by atoms with Crippen molar-refractivity contribution in [1.82, 2.24) is 10.2 Å². The summed E-state index contributed by atoms with van der Waals surface area (Å²) >= 11 is 1.26. The van der Waals surface area contributed by atoms with Crippen LogP contribution in [0.2, 0.25) is 0 Å². The third-order valence-electron chi connectivity index (χ3n) is 3.05. The van der Waals surface area contributed by atoms with Crippen molar-refractivity contribution in [2.75, 3.05) is 31.1 Å². The zero-order chi connectivity index (χ0) is 14.8. The third kappa shape index (κ3) is 7.37. The van der Waals surface area contributed by atoms with E-state index in [4.69, 9.17) is 5.11 Å². The molecule has 1 aliphatic rings. The SMILES string of the molecule is O=C(O)CSCCNC(=O)CN1CCCCCCC1=O. The first-order valence-electron chi connectivity index (χ1n) is 6.93. The molecule has 2 amide bonds. The van der Waals surface area contributed by atoms with Gasteiger partial charge in [-0.15, -0.1) is 11.8 Å². The summed E-state index contributed by atoms with van der Waals surface area (Å²) in [5.74, 6) is -0.366. The number of carboxylic acids is 1. The Morgan fingerprint density at radius 3 is 2.75 bits per heavy atom. The highest BCUT2D eigenvalue weighted by molar-refractivity contribution is 7.99. The van der Waals surface area contributed by atoms with E-state index in [2.05, 4.69) is 5.32 Å². The molecular formula is C13H22N2O4S. The van der Waals surface area contributed by atoms with Gasteiger partial charge in [-0.2, -0.15) is 0 Å². The number of carboxylic acid groups (broad SMARTS) is 1. The summed E-state index contributed by atoms with van der Waals surface area (Å²) in [4.78, 5) is 35.5. The zero-order valence-electron chi connectivity index (χ0n) is 11.6. The van der Waals surface area contributed by atoms with Crippen LogP contribution in [-0.2, 0) is 14.4 Å². The maximum atomic E-state index is 11.8. The minimum atomic E-state index is -0.854. The summed E-state index contributed by atoms with van der Waals surface area (Å²) in [6.07, 6.45) is 4.59. The van der Waals surface area contributed by atoms with Crippen LogP contribution in [0.4, 0.5) is 0 Å². The van der Waals surface area contributed by atoms with Gasteiger partial charge in [-0.1, -0.05) is 12.8 Å². The highest BCUT2D eigenvalue weighted by Crippen LogP contribution is 2.11. The molecular weight excluding hydrogens is 280 g/mol. The summed E-state index contributed by atoms with van der Waals surface area (Å²) in [5, 5.41) is 11.2. The van der Waals surface area contributed by atoms with E-state index < -0.39 is 5.97 Å². The third-order valence-corrected chi connectivity index (χ3v) is 3.99. The second kappa shape index (κ2) is 9.63. The monoisotopic (exact) mass is 302 g/mol. The van der Waals surface area contributed by atoms with Crippen LogP contribution in [0, 0.1) is 0 Å². The van der Waals surface area contributed by atoms with E-state index in [0.29, 0.717) is 25.3 Å². The van der Waals surface area contributed by atoms with Crippen molar-refractivity contribution in [1.29, 1.82) is 0 Å². The number of hydrogen-bond donors (Lipinski definition) is 2. The number of carbonyl (C=O) groups excluding carboxylic acids is 2. The highest BCUT2D eigenvalue weighted by atomic mass is 32.2. The van der Waals surface area contributed by atoms with E-state index in [-0.39, 0.29) is 24.1 Å². The summed E-state index contributed by atoms with van der Waals surface area (Å²) in [6.45, 7) is 1.20. The molecule has 114 valence electrons. The lowest BCUT2D eigenvalue weighted by Gasteiger charge is -2.24. The fourth-order valence-electron chi connectivity index (χ4n) is 2.03. The van der Waals surface area contributed by atoms with Gasteiger partial charge in [0, 0.05) is 25.3 Å². The van der Waals surface area contributed by atoms with E-state index in [1.165, 1.54) is 11.8 Å². The second-order valence-electron chi connectivity index (χ2n) is 4.78. The van der Waals surface area contributed by atoms with Crippen LogP contribution in [-0.4, -0.2) is 58.9 Å². The number of nitrogens with zero attached hydrogens (tertiary/aromatic N) is 1. The molecule has 20 heavy (non-hydrogen) atoms. The van der Waals surface area contributed by atoms with Crippen LogP contribution >= 0.6 is 11.8 Å². The largest absolute Gasteiger partial charge is 0.481 e. The molecule has 0 bridgehead atoms. The first kappa shape index (κ1) is 16.8. The van der Waals surface area contributed by atoms with Crippen LogP contribution in [0.1, 0.15) is 32.1 Å².